The Morgan fingerprint density at radius 2 is 1.84 bits per heavy atom. The number of aliphatic imine (C=N–C) groups is 2. The molecule has 1 fully saturated rings. The molecule has 1 aliphatic rings. The van der Waals surface area contributed by atoms with Crippen LogP contribution in [0, 0.1) is 0 Å². The molecule has 248 valence electrons. The first kappa shape index (κ1) is 40.4. The summed E-state index contributed by atoms with van der Waals surface area (Å²) < 4.78 is 16.7. The normalized spacial score (nSPS) is 16.1. The lowest BCUT2D eigenvalue weighted by molar-refractivity contribution is -0.128. The standard InChI is InChI=1S/C25H40N2O4.C10H18N2O/c1-19(2)24(31-17-11-16-30-22(5)21(4)29-7)14-10-12-20(3)25(28)27-15-9-8-13-23(27)18-26-6;1-4-6-10(12(3)9-13)8-11-7-5-2/h10,12,18,23H,3,8-9,11,13-17H2,1-2,4-7H3;5,8-10H,2,4,6-7H2,1,3H3/b12-10-,22-21-,26-18?;. The number of ether oxygens (including phenoxy) is 3. The van der Waals surface area contributed by atoms with Crippen molar-refractivity contribution in [3.8, 4) is 0 Å². The minimum Gasteiger partial charge on any atom is -0.498 e. The van der Waals surface area contributed by atoms with Gasteiger partial charge in [-0.2, -0.15) is 0 Å². The zero-order valence-electron chi connectivity index (χ0n) is 28.6. The Labute approximate surface area is 267 Å². The zero-order chi connectivity index (χ0) is 33.3. The second kappa shape index (κ2) is 24.8. The molecule has 1 rings (SSSR count). The molecule has 1 aliphatic heterocycles. The van der Waals surface area contributed by atoms with Gasteiger partial charge in [0.2, 0.25) is 6.41 Å². The monoisotopic (exact) mass is 614 g/mol. The fourth-order valence-corrected chi connectivity index (χ4v) is 4.25. The number of piperidine rings is 1. The third-order valence-electron chi connectivity index (χ3n) is 7.06. The first-order valence-electron chi connectivity index (χ1n) is 15.6. The van der Waals surface area contributed by atoms with Gasteiger partial charge in [0.25, 0.3) is 5.91 Å². The van der Waals surface area contributed by atoms with Crippen molar-refractivity contribution in [1.82, 2.24) is 9.80 Å². The van der Waals surface area contributed by atoms with E-state index in [1.807, 2.05) is 51.1 Å². The SMILES string of the molecule is C=C(/C=C\CC(OCCCO/C(C)=C(/C)OC)=C(C)C)C(=O)N1CCCCC1C=NC.C=CCN=CC(CCC)N(C)C=O. The molecule has 0 saturated carbocycles. The van der Waals surface area contributed by atoms with Crippen LogP contribution in [0.4, 0.5) is 0 Å². The van der Waals surface area contributed by atoms with Crippen LogP contribution in [-0.2, 0) is 23.8 Å². The van der Waals surface area contributed by atoms with Gasteiger partial charge < -0.3 is 24.0 Å². The summed E-state index contributed by atoms with van der Waals surface area (Å²) in [5.74, 6) is 2.46. The van der Waals surface area contributed by atoms with Crippen molar-refractivity contribution in [3.63, 3.8) is 0 Å². The molecule has 9 heteroatoms. The zero-order valence-corrected chi connectivity index (χ0v) is 28.6. The number of hydrogen-bond donors (Lipinski definition) is 0. The van der Waals surface area contributed by atoms with Crippen LogP contribution in [0.1, 0.15) is 79.6 Å². The Morgan fingerprint density at radius 1 is 1.14 bits per heavy atom. The van der Waals surface area contributed by atoms with Gasteiger partial charge in [-0.25, -0.2) is 0 Å². The smallest absolute Gasteiger partial charge is 0.253 e. The summed E-state index contributed by atoms with van der Waals surface area (Å²) in [6.07, 6.45) is 16.5. The van der Waals surface area contributed by atoms with Gasteiger partial charge in [0.15, 0.2) is 0 Å². The van der Waals surface area contributed by atoms with E-state index in [9.17, 15) is 9.59 Å². The van der Waals surface area contributed by atoms with E-state index >= 15 is 0 Å². The van der Waals surface area contributed by atoms with Crippen molar-refractivity contribution < 1.29 is 23.8 Å². The lowest BCUT2D eigenvalue weighted by Crippen LogP contribution is -2.45. The molecular formula is C35H58N4O5. The van der Waals surface area contributed by atoms with Gasteiger partial charge in [0.05, 0.1) is 44.7 Å². The Balaban J connectivity index is 0.00000119. The number of methoxy groups -OCH3 is 1. The van der Waals surface area contributed by atoms with Crippen LogP contribution in [0.25, 0.3) is 0 Å². The maximum atomic E-state index is 12.8. The van der Waals surface area contributed by atoms with Crippen molar-refractivity contribution in [2.75, 3.05) is 47.5 Å². The molecule has 0 N–H and O–H groups in total. The van der Waals surface area contributed by atoms with E-state index in [0.717, 1.165) is 74.3 Å². The highest BCUT2D eigenvalue weighted by Crippen LogP contribution is 2.19. The predicted octanol–water partition coefficient (Wildman–Crippen LogP) is 6.69. The van der Waals surface area contributed by atoms with Gasteiger partial charge in [-0.15, -0.1) is 6.58 Å². The summed E-state index contributed by atoms with van der Waals surface area (Å²) in [6.45, 7) is 20.0. The Morgan fingerprint density at radius 3 is 2.43 bits per heavy atom. The molecule has 2 amide bonds. The first-order valence-corrected chi connectivity index (χ1v) is 15.6. The Bertz CT molecular complexity index is 1020. The number of nitrogens with zero attached hydrogens (tertiary/aromatic N) is 4. The van der Waals surface area contributed by atoms with E-state index in [4.69, 9.17) is 14.2 Å². The van der Waals surface area contributed by atoms with Crippen molar-refractivity contribution in [2.45, 2.75) is 91.6 Å². The molecule has 0 aromatic heterocycles. The van der Waals surface area contributed by atoms with E-state index in [1.165, 1.54) is 0 Å². The van der Waals surface area contributed by atoms with E-state index < -0.39 is 0 Å². The van der Waals surface area contributed by atoms with Crippen LogP contribution in [0.15, 0.2) is 69.8 Å². The number of carbonyl (C=O) groups excluding carboxylic acids is 2. The Kier molecular flexibility index (Phi) is 22.7. The summed E-state index contributed by atoms with van der Waals surface area (Å²) in [5.41, 5.74) is 1.61. The number of allylic oxidation sites excluding steroid dienone is 4. The van der Waals surface area contributed by atoms with E-state index in [-0.39, 0.29) is 18.0 Å². The average Bonchev–Trinajstić information content (AvgIpc) is 3.02. The molecule has 0 bridgehead atoms. The number of carbonyl (C=O) groups is 2. The number of likely N-dealkylation sites (tertiary alicyclic amines) is 1. The molecule has 1 heterocycles. The van der Waals surface area contributed by atoms with Crippen LogP contribution in [-0.4, -0.2) is 94.1 Å². The van der Waals surface area contributed by atoms with E-state index in [0.29, 0.717) is 31.8 Å². The summed E-state index contributed by atoms with van der Waals surface area (Å²) in [6, 6.07) is 0.198. The van der Waals surface area contributed by atoms with Crippen molar-refractivity contribution in [1.29, 1.82) is 0 Å². The van der Waals surface area contributed by atoms with Crippen LogP contribution in [0.3, 0.4) is 0 Å². The molecule has 0 spiro atoms. The minimum absolute atomic E-state index is 0.0209. The van der Waals surface area contributed by atoms with Crippen LogP contribution in [0.2, 0.25) is 0 Å². The number of rotatable bonds is 19. The molecule has 2 atom stereocenters. The highest BCUT2D eigenvalue weighted by Gasteiger charge is 2.25. The van der Waals surface area contributed by atoms with Crippen molar-refractivity contribution in [3.05, 3.63) is 59.8 Å². The molecule has 44 heavy (non-hydrogen) atoms. The predicted molar refractivity (Wildman–Crippen MR) is 183 cm³/mol. The second-order valence-electron chi connectivity index (χ2n) is 10.8. The summed E-state index contributed by atoms with van der Waals surface area (Å²) in [7, 11) is 5.15. The Hall–Kier alpha value is -3.62. The minimum atomic E-state index is -0.0209. The first-order chi connectivity index (χ1) is 21.1. The maximum absolute atomic E-state index is 12.8. The molecule has 0 aromatic rings. The van der Waals surface area contributed by atoms with Crippen molar-refractivity contribution >= 4 is 24.7 Å². The van der Waals surface area contributed by atoms with E-state index in [1.54, 1.807) is 38.3 Å². The molecule has 2 unspecified atom stereocenters. The van der Waals surface area contributed by atoms with Crippen molar-refractivity contribution in [2.24, 2.45) is 9.98 Å². The van der Waals surface area contributed by atoms with Gasteiger partial charge in [-0.05, 0) is 59.0 Å². The molecule has 9 nitrogen and oxygen atoms in total. The molecule has 0 aliphatic carbocycles. The average molecular weight is 615 g/mol. The van der Waals surface area contributed by atoms with Gasteiger partial charge in [-0.1, -0.05) is 38.2 Å². The number of hydrogen-bond acceptors (Lipinski definition) is 7. The lowest BCUT2D eigenvalue weighted by atomic mass is 10.0. The fourth-order valence-electron chi connectivity index (χ4n) is 4.25. The van der Waals surface area contributed by atoms with Gasteiger partial charge in [0.1, 0.15) is 11.5 Å². The van der Waals surface area contributed by atoms with Crippen LogP contribution in [0.5, 0.6) is 0 Å². The molecule has 1 saturated heterocycles. The third-order valence-corrected chi connectivity index (χ3v) is 7.06. The van der Waals surface area contributed by atoms with Gasteiger partial charge >= 0.3 is 0 Å². The number of amides is 2. The quantitative estimate of drug-likeness (QED) is 0.0308. The largest absolute Gasteiger partial charge is 0.498 e. The lowest BCUT2D eigenvalue weighted by Gasteiger charge is -2.33. The fraction of sp³-hybridized carbons (Fsp3) is 0.600. The summed E-state index contributed by atoms with van der Waals surface area (Å²) in [5, 5.41) is 0. The van der Waals surface area contributed by atoms with Crippen LogP contribution < -0.4 is 0 Å². The van der Waals surface area contributed by atoms with Crippen LogP contribution >= 0.6 is 0 Å². The highest BCUT2D eigenvalue weighted by molar-refractivity contribution is 5.97. The third kappa shape index (κ3) is 16.9. The van der Waals surface area contributed by atoms with Gasteiger partial charge in [-0.3, -0.25) is 19.6 Å². The molecular weight excluding hydrogens is 556 g/mol. The second-order valence-corrected chi connectivity index (χ2v) is 10.8. The molecule has 0 aromatic carbocycles. The topological polar surface area (TPSA) is 93.0 Å². The maximum Gasteiger partial charge on any atom is 0.253 e. The summed E-state index contributed by atoms with van der Waals surface area (Å²) in [4.78, 5) is 35.1. The molecule has 0 radical (unpaired) electrons. The van der Waals surface area contributed by atoms with Gasteiger partial charge in [0, 0.05) is 51.5 Å². The summed E-state index contributed by atoms with van der Waals surface area (Å²) >= 11 is 0. The van der Waals surface area contributed by atoms with E-state index in [2.05, 4.69) is 30.1 Å². The highest BCUT2D eigenvalue weighted by atomic mass is 16.5.